The maximum Gasteiger partial charge on any atom is 0.276 e. The van der Waals surface area contributed by atoms with Gasteiger partial charge in [0.25, 0.3) is 5.91 Å². The van der Waals surface area contributed by atoms with Crippen molar-refractivity contribution in [2.75, 3.05) is 13.1 Å². The fourth-order valence-corrected chi connectivity index (χ4v) is 4.45. The zero-order chi connectivity index (χ0) is 25.1. The van der Waals surface area contributed by atoms with Crippen LogP contribution in [0, 0.1) is 11.7 Å². The number of piperidine rings is 1. The molecule has 10 heteroatoms. The molecular formula is C25H26BrFN4O4. The number of amides is 2. The molecule has 0 saturated carbocycles. The third-order valence-corrected chi connectivity index (χ3v) is 6.55. The third kappa shape index (κ3) is 5.70. The van der Waals surface area contributed by atoms with Crippen LogP contribution in [0.5, 0.6) is 11.6 Å². The Morgan fingerprint density at radius 1 is 1.14 bits per heavy atom. The molecule has 2 heterocycles. The lowest BCUT2D eigenvalue weighted by Gasteiger charge is -2.35. The molecule has 2 N–H and O–H groups in total. The molecule has 0 bridgehead atoms. The third-order valence-electron chi connectivity index (χ3n) is 5.93. The molecule has 0 unspecified atom stereocenters. The lowest BCUT2D eigenvalue weighted by atomic mass is 10.00. The van der Waals surface area contributed by atoms with Crippen LogP contribution in [0.15, 0.2) is 46.9 Å². The Morgan fingerprint density at radius 3 is 2.43 bits per heavy atom. The summed E-state index contributed by atoms with van der Waals surface area (Å²) in [5, 5.41) is 13.0. The quantitative estimate of drug-likeness (QED) is 0.484. The Morgan fingerprint density at radius 2 is 1.80 bits per heavy atom. The summed E-state index contributed by atoms with van der Waals surface area (Å²) >= 11 is 3.31. The van der Waals surface area contributed by atoms with Gasteiger partial charge in [0.1, 0.15) is 23.7 Å². The van der Waals surface area contributed by atoms with E-state index in [1.807, 2.05) is 13.8 Å². The number of ether oxygens (including phenoxy) is 1. The van der Waals surface area contributed by atoms with Crippen molar-refractivity contribution in [1.82, 2.24) is 20.2 Å². The molecule has 1 saturated heterocycles. The number of fused-ring (bicyclic) bond motifs is 1. The average molecular weight is 545 g/mol. The van der Waals surface area contributed by atoms with Gasteiger partial charge in [-0.25, -0.2) is 14.4 Å². The van der Waals surface area contributed by atoms with E-state index in [4.69, 9.17) is 4.74 Å². The van der Waals surface area contributed by atoms with Crippen molar-refractivity contribution in [3.8, 4) is 11.6 Å². The summed E-state index contributed by atoms with van der Waals surface area (Å²) in [6.07, 6.45) is 1.09. The van der Waals surface area contributed by atoms with Gasteiger partial charge in [0.05, 0.1) is 15.5 Å². The van der Waals surface area contributed by atoms with Crippen LogP contribution >= 0.6 is 15.9 Å². The van der Waals surface area contributed by atoms with E-state index in [9.17, 15) is 19.1 Å². The number of carbonyl (C=O) groups excluding carboxylic acids is 2. The minimum atomic E-state index is -0.793. The van der Waals surface area contributed by atoms with Gasteiger partial charge in [0, 0.05) is 25.9 Å². The first-order valence-corrected chi connectivity index (χ1v) is 12.2. The van der Waals surface area contributed by atoms with Gasteiger partial charge >= 0.3 is 0 Å². The molecule has 1 aliphatic rings. The van der Waals surface area contributed by atoms with Gasteiger partial charge in [-0.05, 0) is 52.2 Å². The molecular weight excluding hydrogens is 519 g/mol. The van der Waals surface area contributed by atoms with Gasteiger partial charge in [-0.15, -0.1) is 0 Å². The first-order chi connectivity index (χ1) is 16.7. The van der Waals surface area contributed by atoms with Crippen LogP contribution in [-0.2, 0) is 4.79 Å². The normalized spacial score (nSPS) is 15.3. The van der Waals surface area contributed by atoms with E-state index in [2.05, 4.69) is 31.2 Å². The maximum atomic E-state index is 13.3. The van der Waals surface area contributed by atoms with Crippen molar-refractivity contribution in [3.05, 3.63) is 58.4 Å². The van der Waals surface area contributed by atoms with Crippen LogP contribution in [0.3, 0.4) is 0 Å². The summed E-state index contributed by atoms with van der Waals surface area (Å²) in [6.45, 7) is 4.61. The number of rotatable bonds is 6. The van der Waals surface area contributed by atoms with Crippen LogP contribution < -0.4 is 10.1 Å². The van der Waals surface area contributed by atoms with Crippen molar-refractivity contribution < 1.29 is 23.8 Å². The van der Waals surface area contributed by atoms with Gasteiger partial charge in [0.2, 0.25) is 11.8 Å². The molecule has 0 radical (unpaired) electrons. The largest absolute Gasteiger partial charge is 0.492 e. The molecule has 3 aromatic rings. The highest BCUT2D eigenvalue weighted by atomic mass is 79.9. The number of nitrogens with one attached hydrogen (secondary N) is 1. The first-order valence-electron chi connectivity index (χ1n) is 11.4. The molecule has 4 rings (SSSR count). The molecule has 35 heavy (non-hydrogen) atoms. The summed E-state index contributed by atoms with van der Waals surface area (Å²) < 4.78 is 19.8. The summed E-state index contributed by atoms with van der Waals surface area (Å²) in [5.74, 6) is -1.34. The molecule has 0 spiro atoms. The van der Waals surface area contributed by atoms with E-state index in [1.165, 1.54) is 12.1 Å². The molecule has 2 amide bonds. The topological polar surface area (TPSA) is 105 Å². The number of para-hydroxylation sites is 2. The second-order valence-electron chi connectivity index (χ2n) is 8.80. The van der Waals surface area contributed by atoms with Gasteiger partial charge in [-0.2, -0.15) is 0 Å². The van der Waals surface area contributed by atoms with Crippen molar-refractivity contribution >= 4 is 38.8 Å². The highest BCUT2D eigenvalue weighted by Gasteiger charge is 2.33. The Hall–Kier alpha value is -3.27. The highest BCUT2D eigenvalue weighted by molar-refractivity contribution is 9.10. The predicted molar refractivity (Wildman–Crippen MR) is 132 cm³/mol. The number of hydrogen-bond donors (Lipinski definition) is 2. The van der Waals surface area contributed by atoms with Crippen molar-refractivity contribution in [3.63, 3.8) is 0 Å². The van der Waals surface area contributed by atoms with Crippen molar-refractivity contribution in [2.45, 2.75) is 38.8 Å². The molecule has 1 atom stereocenters. The molecule has 184 valence electrons. The number of nitrogens with zero attached hydrogens (tertiary/aromatic N) is 3. The van der Waals surface area contributed by atoms with Gasteiger partial charge in [0.15, 0.2) is 5.69 Å². The summed E-state index contributed by atoms with van der Waals surface area (Å²) in [4.78, 5) is 36.2. The molecule has 0 aliphatic carbocycles. The Balaban J connectivity index is 1.40. The number of aromatic nitrogens is 2. The van der Waals surface area contributed by atoms with Crippen LogP contribution in [-0.4, -0.2) is 57.0 Å². The van der Waals surface area contributed by atoms with Gasteiger partial charge in [-0.1, -0.05) is 26.0 Å². The molecule has 2 aromatic carbocycles. The standard InChI is InChI=1S/C25H26BrFN4O4/c1-14(2)21(30-24(33)22-23(32)29-19-6-4-3-5-18(19)28-22)25(34)31-11-9-16(10-12-31)35-20-8-7-15(27)13-17(20)26/h3-8,13-14,16,21H,9-12H2,1-2H3,(H,29,32)(H,30,33)/t21-/m0/s1. The van der Waals surface area contributed by atoms with Gasteiger partial charge < -0.3 is 20.1 Å². The smallest absolute Gasteiger partial charge is 0.276 e. The fraction of sp³-hybridized carbons (Fsp3) is 0.360. The number of benzene rings is 2. The fourth-order valence-electron chi connectivity index (χ4n) is 4.01. The van der Waals surface area contributed by atoms with Crippen LogP contribution in [0.1, 0.15) is 37.2 Å². The SMILES string of the molecule is CC(C)[C@H](NC(=O)c1nc2ccccc2nc1O)C(=O)N1CCC(Oc2ccc(F)cc2Br)CC1. The van der Waals surface area contributed by atoms with Crippen LogP contribution in [0.2, 0.25) is 0 Å². The second kappa shape index (κ2) is 10.6. The molecule has 1 aromatic heterocycles. The van der Waals surface area contributed by atoms with E-state index >= 15 is 0 Å². The Labute approximate surface area is 210 Å². The Kier molecular flexibility index (Phi) is 7.49. The number of carbonyl (C=O) groups is 2. The Bertz CT molecular complexity index is 1250. The minimum Gasteiger partial charge on any atom is -0.492 e. The molecule has 1 aliphatic heterocycles. The zero-order valence-corrected chi connectivity index (χ0v) is 21.0. The molecule has 1 fully saturated rings. The summed E-state index contributed by atoms with van der Waals surface area (Å²) in [7, 11) is 0. The maximum absolute atomic E-state index is 13.3. The van der Waals surface area contributed by atoms with Crippen molar-refractivity contribution in [1.29, 1.82) is 0 Å². The van der Waals surface area contributed by atoms with Crippen molar-refractivity contribution in [2.24, 2.45) is 5.92 Å². The number of likely N-dealkylation sites (tertiary alicyclic amines) is 1. The first kappa shape index (κ1) is 24.8. The number of aromatic hydroxyl groups is 1. The van der Waals surface area contributed by atoms with Crippen LogP contribution in [0.25, 0.3) is 11.0 Å². The number of hydrogen-bond acceptors (Lipinski definition) is 6. The monoisotopic (exact) mass is 544 g/mol. The van der Waals surface area contributed by atoms with E-state index < -0.39 is 17.8 Å². The van der Waals surface area contributed by atoms with E-state index in [-0.39, 0.29) is 29.4 Å². The lowest BCUT2D eigenvalue weighted by Crippen LogP contribution is -2.53. The second-order valence-corrected chi connectivity index (χ2v) is 9.65. The summed E-state index contributed by atoms with van der Waals surface area (Å²) in [5.41, 5.74) is 0.715. The minimum absolute atomic E-state index is 0.113. The summed E-state index contributed by atoms with van der Waals surface area (Å²) in [6, 6.07) is 10.4. The van der Waals surface area contributed by atoms with E-state index in [0.29, 0.717) is 47.2 Å². The highest BCUT2D eigenvalue weighted by Crippen LogP contribution is 2.28. The number of halogens is 2. The zero-order valence-electron chi connectivity index (χ0n) is 19.4. The van der Waals surface area contributed by atoms with E-state index in [1.54, 1.807) is 35.2 Å². The molecule has 8 nitrogen and oxygen atoms in total. The van der Waals surface area contributed by atoms with Gasteiger partial charge in [-0.3, -0.25) is 9.59 Å². The predicted octanol–water partition coefficient (Wildman–Crippen LogP) is 4.06. The lowest BCUT2D eigenvalue weighted by molar-refractivity contribution is -0.136. The van der Waals surface area contributed by atoms with Crippen LogP contribution in [0.4, 0.5) is 4.39 Å². The van der Waals surface area contributed by atoms with E-state index in [0.717, 1.165) is 0 Å². The average Bonchev–Trinajstić information content (AvgIpc) is 2.83.